The second kappa shape index (κ2) is 7.80. The minimum absolute atomic E-state index is 0.144. The van der Waals surface area contributed by atoms with Crippen LogP contribution >= 0.6 is 11.8 Å². The average molecular weight is 306 g/mol. The Balaban J connectivity index is 1.66. The lowest BCUT2D eigenvalue weighted by molar-refractivity contribution is -0.119. The highest BCUT2D eigenvalue weighted by atomic mass is 32.2. The molecule has 0 aliphatic carbocycles. The molecule has 2 rings (SSSR count). The maximum Gasteiger partial charge on any atom is 0.230 e. The molecule has 1 atom stereocenters. The summed E-state index contributed by atoms with van der Waals surface area (Å²) in [6, 6.07) is 9.69. The molecule has 0 aliphatic heterocycles. The summed E-state index contributed by atoms with van der Waals surface area (Å²) in [6.07, 6.45) is -0.0684. The zero-order valence-corrected chi connectivity index (χ0v) is 12.6. The number of aryl methyl sites for hydroxylation is 1. The fraction of sp³-hybridized carbons (Fsp3) is 0.357. The maximum atomic E-state index is 11.7. The highest BCUT2D eigenvalue weighted by Crippen LogP contribution is 2.11. The Bertz CT molecular complexity index is 573. The van der Waals surface area contributed by atoms with Crippen LogP contribution in [0, 0.1) is 6.92 Å². The van der Waals surface area contributed by atoms with Gasteiger partial charge in [-0.25, -0.2) is 4.98 Å². The van der Waals surface area contributed by atoms with E-state index in [0.717, 1.165) is 11.4 Å². The fourth-order valence-corrected chi connectivity index (χ4v) is 2.43. The Labute approximate surface area is 127 Å². The van der Waals surface area contributed by atoms with E-state index in [1.807, 2.05) is 30.3 Å². The van der Waals surface area contributed by atoms with Crippen molar-refractivity contribution in [2.45, 2.75) is 24.6 Å². The van der Waals surface area contributed by atoms with Crippen LogP contribution in [-0.2, 0) is 11.2 Å². The topological polar surface area (TPSA) is 90.9 Å². The van der Waals surface area contributed by atoms with Gasteiger partial charge in [0.2, 0.25) is 11.1 Å². The number of aromatic amines is 1. The molecule has 1 aromatic heterocycles. The molecule has 112 valence electrons. The lowest BCUT2D eigenvalue weighted by atomic mass is 10.1. The number of aliphatic hydroxyl groups is 1. The summed E-state index contributed by atoms with van der Waals surface area (Å²) in [5, 5.41) is 19.8. The SMILES string of the molecule is Cc1nc(SCC(=O)NCC(O)Cc2ccccc2)n[nH]1. The maximum absolute atomic E-state index is 11.7. The molecule has 7 heteroatoms. The first-order valence-corrected chi connectivity index (χ1v) is 7.62. The van der Waals surface area contributed by atoms with E-state index in [4.69, 9.17) is 0 Å². The Morgan fingerprint density at radius 2 is 2.19 bits per heavy atom. The molecule has 1 unspecified atom stereocenters. The molecule has 0 radical (unpaired) electrons. The van der Waals surface area contributed by atoms with Crippen molar-refractivity contribution in [2.24, 2.45) is 0 Å². The monoisotopic (exact) mass is 306 g/mol. The molecule has 0 fully saturated rings. The number of hydrogen-bond acceptors (Lipinski definition) is 5. The second-order valence-electron chi connectivity index (χ2n) is 4.64. The molecule has 1 heterocycles. The van der Waals surface area contributed by atoms with E-state index in [1.54, 1.807) is 6.92 Å². The first kappa shape index (κ1) is 15.5. The number of benzene rings is 1. The number of nitrogens with zero attached hydrogens (tertiary/aromatic N) is 2. The number of carbonyl (C=O) groups is 1. The number of nitrogens with one attached hydrogen (secondary N) is 2. The van der Waals surface area contributed by atoms with Crippen molar-refractivity contribution in [3.8, 4) is 0 Å². The minimum atomic E-state index is -0.591. The van der Waals surface area contributed by atoms with Crippen LogP contribution in [-0.4, -0.2) is 44.6 Å². The third kappa shape index (κ3) is 5.57. The van der Waals surface area contributed by atoms with Gasteiger partial charge in [-0.1, -0.05) is 42.1 Å². The van der Waals surface area contributed by atoms with Crippen LogP contribution in [0.5, 0.6) is 0 Å². The van der Waals surface area contributed by atoms with E-state index in [9.17, 15) is 9.90 Å². The Kier molecular flexibility index (Phi) is 5.77. The molecule has 0 saturated heterocycles. The van der Waals surface area contributed by atoms with Crippen LogP contribution in [0.2, 0.25) is 0 Å². The van der Waals surface area contributed by atoms with Gasteiger partial charge in [0.15, 0.2) is 0 Å². The highest BCUT2D eigenvalue weighted by molar-refractivity contribution is 7.99. The van der Waals surface area contributed by atoms with E-state index < -0.39 is 6.10 Å². The normalized spacial score (nSPS) is 12.1. The van der Waals surface area contributed by atoms with E-state index >= 15 is 0 Å². The zero-order valence-electron chi connectivity index (χ0n) is 11.7. The van der Waals surface area contributed by atoms with Crippen LogP contribution < -0.4 is 5.32 Å². The number of carbonyl (C=O) groups excluding carboxylic acids is 1. The zero-order chi connectivity index (χ0) is 15.1. The van der Waals surface area contributed by atoms with Crippen LogP contribution in [0.15, 0.2) is 35.5 Å². The predicted molar refractivity (Wildman–Crippen MR) is 81.0 cm³/mol. The number of amides is 1. The molecular formula is C14H18N4O2S. The van der Waals surface area contributed by atoms with Gasteiger partial charge >= 0.3 is 0 Å². The molecule has 2 aromatic rings. The summed E-state index contributed by atoms with van der Waals surface area (Å²) in [4.78, 5) is 15.8. The number of aromatic nitrogens is 3. The number of hydrogen-bond donors (Lipinski definition) is 3. The smallest absolute Gasteiger partial charge is 0.230 e. The minimum Gasteiger partial charge on any atom is -0.391 e. The Morgan fingerprint density at radius 1 is 1.43 bits per heavy atom. The summed E-state index contributed by atoms with van der Waals surface area (Å²) in [7, 11) is 0. The van der Waals surface area contributed by atoms with Crippen molar-refractivity contribution in [3.05, 3.63) is 41.7 Å². The van der Waals surface area contributed by atoms with Crippen molar-refractivity contribution in [3.63, 3.8) is 0 Å². The number of thioether (sulfide) groups is 1. The molecule has 1 amide bonds. The van der Waals surface area contributed by atoms with Gasteiger partial charge in [0.25, 0.3) is 0 Å². The van der Waals surface area contributed by atoms with Crippen molar-refractivity contribution >= 4 is 17.7 Å². The van der Waals surface area contributed by atoms with Gasteiger partial charge in [-0.15, -0.1) is 5.10 Å². The second-order valence-corrected chi connectivity index (χ2v) is 5.58. The van der Waals surface area contributed by atoms with Crippen molar-refractivity contribution in [2.75, 3.05) is 12.3 Å². The van der Waals surface area contributed by atoms with Crippen LogP contribution in [0.4, 0.5) is 0 Å². The quantitative estimate of drug-likeness (QED) is 0.662. The van der Waals surface area contributed by atoms with Crippen molar-refractivity contribution in [1.82, 2.24) is 20.5 Å². The Morgan fingerprint density at radius 3 is 2.86 bits per heavy atom. The first-order chi connectivity index (χ1) is 10.1. The summed E-state index contributed by atoms with van der Waals surface area (Å²) in [5.74, 6) is 0.806. The summed E-state index contributed by atoms with van der Waals surface area (Å²) < 4.78 is 0. The van der Waals surface area contributed by atoms with Gasteiger partial charge in [-0.05, 0) is 12.5 Å². The molecule has 0 saturated carbocycles. The predicted octanol–water partition coefficient (Wildman–Crippen LogP) is 0.925. The average Bonchev–Trinajstić information content (AvgIpc) is 2.90. The van der Waals surface area contributed by atoms with E-state index in [1.165, 1.54) is 11.8 Å². The molecular weight excluding hydrogens is 288 g/mol. The molecule has 3 N–H and O–H groups in total. The summed E-state index contributed by atoms with van der Waals surface area (Å²) >= 11 is 1.26. The lowest BCUT2D eigenvalue weighted by Crippen LogP contribution is -2.34. The molecule has 0 spiro atoms. The molecule has 21 heavy (non-hydrogen) atoms. The van der Waals surface area contributed by atoms with Crippen LogP contribution in [0.3, 0.4) is 0 Å². The molecule has 0 aliphatic rings. The standard InChI is InChI=1S/C14H18N4O2S/c1-10-16-14(18-17-10)21-9-13(20)15-8-12(19)7-11-5-3-2-4-6-11/h2-6,12,19H,7-9H2,1H3,(H,15,20)(H,16,17,18). The summed E-state index contributed by atoms with van der Waals surface area (Å²) in [5.41, 5.74) is 1.05. The van der Waals surface area contributed by atoms with Gasteiger partial charge in [-0.3, -0.25) is 9.89 Å². The van der Waals surface area contributed by atoms with E-state index in [2.05, 4.69) is 20.5 Å². The van der Waals surface area contributed by atoms with Crippen LogP contribution in [0.1, 0.15) is 11.4 Å². The number of H-pyrrole nitrogens is 1. The third-order valence-corrected chi connectivity index (χ3v) is 3.61. The molecule has 1 aromatic carbocycles. The van der Waals surface area contributed by atoms with Crippen LogP contribution in [0.25, 0.3) is 0 Å². The number of aliphatic hydroxyl groups excluding tert-OH is 1. The molecule has 0 bridgehead atoms. The Hall–Kier alpha value is -1.86. The van der Waals surface area contributed by atoms with E-state index in [0.29, 0.717) is 11.6 Å². The first-order valence-electron chi connectivity index (χ1n) is 6.64. The summed E-state index contributed by atoms with van der Waals surface area (Å²) in [6.45, 7) is 2.04. The number of rotatable bonds is 7. The lowest BCUT2D eigenvalue weighted by Gasteiger charge is -2.11. The highest BCUT2D eigenvalue weighted by Gasteiger charge is 2.09. The van der Waals surface area contributed by atoms with Crippen molar-refractivity contribution < 1.29 is 9.90 Å². The largest absolute Gasteiger partial charge is 0.391 e. The van der Waals surface area contributed by atoms with E-state index in [-0.39, 0.29) is 18.2 Å². The fourth-order valence-electron chi connectivity index (χ4n) is 1.76. The van der Waals surface area contributed by atoms with Gasteiger partial charge in [-0.2, -0.15) is 0 Å². The van der Waals surface area contributed by atoms with Gasteiger partial charge in [0, 0.05) is 13.0 Å². The third-order valence-electron chi connectivity index (χ3n) is 2.76. The van der Waals surface area contributed by atoms with Gasteiger partial charge in [0.05, 0.1) is 11.9 Å². The van der Waals surface area contributed by atoms with Gasteiger partial charge < -0.3 is 10.4 Å². The molecule has 6 nitrogen and oxygen atoms in total. The van der Waals surface area contributed by atoms with Gasteiger partial charge in [0.1, 0.15) is 5.82 Å². The van der Waals surface area contributed by atoms with Crippen molar-refractivity contribution in [1.29, 1.82) is 0 Å².